The Balaban J connectivity index is 1.40. The minimum atomic E-state index is 0.0660. The molecule has 8 heteroatoms. The summed E-state index contributed by atoms with van der Waals surface area (Å²) >= 11 is 7.49. The van der Waals surface area contributed by atoms with E-state index in [9.17, 15) is 4.79 Å². The highest BCUT2D eigenvalue weighted by Gasteiger charge is 2.25. The number of aromatic nitrogens is 3. The van der Waals surface area contributed by atoms with E-state index < -0.39 is 0 Å². The third-order valence-corrected chi connectivity index (χ3v) is 5.36. The van der Waals surface area contributed by atoms with Crippen molar-refractivity contribution in [1.29, 1.82) is 0 Å². The van der Waals surface area contributed by atoms with Gasteiger partial charge in [0.2, 0.25) is 5.91 Å². The molecule has 0 saturated carbocycles. The number of carbonyl (C=O) groups excluding carboxylic acids is 1. The van der Waals surface area contributed by atoms with E-state index in [2.05, 4.69) is 25.4 Å². The van der Waals surface area contributed by atoms with Crippen LogP contribution in [0.1, 0.15) is 18.4 Å². The van der Waals surface area contributed by atoms with E-state index in [1.54, 1.807) is 11.8 Å². The van der Waals surface area contributed by atoms with Crippen LogP contribution in [0.3, 0.4) is 0 Å². The first-order valence-electron chi connectivity index (χ1n) is 8.43. The van der Waals surface area contributed by atoms with Crippen molar-refractivity contribution in [2.45, 2.75) is 24.5 Å². The fourth-order valence-corrected chi connectivity index (χ4v) is 3.75. The molecule has 0 unspecified atom stereocenters. The Hall–Kier alpha value is -1.57. The van der Waals surface area contributed by atoms with Crippen LogP contribution in [0.25, 0.3) is 0 Å². The molecule has 1 atom stereocenters. The van der Waals surface area contributed by atoms with Crippen molar-refractivity contribution in [3.05, 3.63) is 41.2 Å². The average molecular weight is 380 g/mol. The maximum atomic E-state index is 12.4. The van der Waals surface area contributed by atoms with E-state index in [1.807, 2.05) is 24.3 Å². The molecule has 134 valence electrons. The number of benzene rings is 1. The second kappa shape index (κ2) is 9.22. The van der Waals surface area contributed by atoms with Crippen molar-refractivity contribution in [3.8, 4) is 0 Å². The third kappa shape index (κ3) is 5.73. The van der Waals surface area contributed by atoms with Gasteiger partial charge >= 0.3 is 0 Å². The lowest BCUT2D eigenvalue weighted by molar-refractivity contribution is -0.126. The molecule has 0 bridgehead atoms. The zero-order chi connectivity index (χ0) is 17.5. The first-order valence-corrected chi connectivity index (χ1v) is 9.80. The van der Waals surface area contributed by atoms with Gasteiger partial charge in [0.25, 0.3) is 0 Å². The molecule has 1 saturated heterocycles. The van der Waals surface area contributed by atoms with Gasteiger partial charge in [0, 0.05) is 30.4 Å². The molecule has 2 heterocycles. The molecule has 1 aromatic carbocycles. The van der Waals surface area contributed by atoms with E-state index in [4.69, 9.17) is 11.6 Å². The maximum Gasteiger partial charge on any atom is 0.224 e. The summed E-state index contributed by atoms with van der Waals surface area (Å²) in [5.74, 6) is 0.998. The standard InChI is InChI=1S/C17H22ClN5OS/c18-15-5-3-13(4-6-15)10-23-8-1-2-14(11-23)16(24)19-7-9-25-17-20-12-21-22-17/h3-6,12,14H,1-2,7-11H2,(H,19,24)(H,20,21,22)/t14-/m1/s1. The summed E-state index contributed by atoms with van der Waals surface area (Å²) in [4.78, 5) is 18.8. The first kappa shape index (κ1) is 18.2. The van der Waals surface area contributed by atoms with Crippen molar-refractivity contribution in [2.24, 2.45) is 5.92 Å². The van der Waals surface area contributed by atoms with Crippen LogP contribution in [0, 0.1) is 5.92 Å². The normalized spacial score (nSPS) is 18.2. The molecule has 2 N–H and O–H groups in total. The molecule has 1 aliphatic rings. The van der Waals surface area contributed by atoms with Crippen LogP contribution in [-0.4, -0.2) is 51.4 Å². The van der Waals surface area contributed by atoms with E-state index in [0.717, 1.165) is 48.4 Å². The Labute approximate surface area is 156 Å². The number of rotatable bonds is 7. The molecule has 6 nitrogen and oxygen atoms in total. The van der Waals surface area contributed by atoms with E-state index in [-0.39, 0.29) is 11.8 Å². The number of piperidine rings is 1. The minimum absolute atomic E-state index is 0.0660. The number of hydrogen-bond donors (Lipinski definition) is 2. The van der Waals surface area contributed by atoms with Crippen LogP contribution in [0.4, 0.5) is 0 Å². The van der Waals surface area contributed by atoms with Gasteiger partial charge in [-0.15, -0.1) is 0 Å². The molecular weight excluding hydrogens is 358 g/mol. The van der Waals surface area contributed by atoms with Crippen LogP contribution < -0.4 is 5.32 Å². The number of nitrogens with one attached hydrogen (secondary N) is 2. The van der Waals surface area contributed by atoms with Crippen LogP contribution >= 0.6 is 23.4 Å². The SMILES string of the molecule is O=C(NCCSc1ncn[nH]1)[C@@H]1CCCN(Cc2ccc(Cl)cc2)C1. The molecule has 0 aliphatic carbocycles. The van der Waals surface area contributed by atoms with Gasteiger partial charge in [-0.3, -0.25) is 14.8 Å². The second-order valence-corrected chi connectivity index (χ2v) is 7.65. The Bertz CT molecular complexity index is 664. The lowest BCUT2D eigenvalue weighted by Crippen LogP contribution is -2.43. The van der Waals surface area contributed by atoms with Gasteiger partial charge in [0.15, 0.2) is 5.16 Å². The Kier molecular flexibility index (Phi) is 6.72. The minimum Gasteiger partial charge on any atom is -0.355 e. The molecular formula is C17H22ClN5OS. The zero-order valence-electron chi connectivity index (χ0n) is 13.9. The highest BCUT2D eigenvalue weighted by Crippen LogP contribution is 2.20. The van der Waals surface area contributed by atoms with Crippen molar-refractivity contribution < 1.29 is 4.79 Å². The summed E-state index contributed by atoms with van der Waals surface area (Å²) in [6, 6.07) is 7.92. The number of carbonyl (C=O) groups is 1. The maximum absolute atomic E-state index is 12.4. The zero-order valence-corrected chi connectivity index (χ0v) is 15.5. The van der Waals surface area contributed by atoms with E-state index in [0.29, 0.717) is 6.54 Å². The van der Waals surface area contributed by atoms with Gasteiger partial charge in [-0.2, -0.15) is 5.10 Å². The van der Waals surface area contributed by atoms with Gasteiger partial charge in [0.1, 0.15) is 6.33 Å². The monoisotopic (exact) mass is 379 g/mol. The lowest BCUT2D eigenvalue weighted by atomic mass is 9.96. The first-order chi connectivity index (χ1) is 12.2. The quantitative estimate of drug-likeness (QED) is 0.571. The molecule has 3 rings (SSSR count). The number of nitrogens with zero attached hydrogens (tertiary/aromatic N) is 3. The molecule has 1 amide bonds. The summed E-state index contributed by atoms with van der Waals surface area (Å²) in [5.41, 5.74) is 1.23. The number of hydrogen-bond acceptors (Lipinski definition) is 5. The van der Waals surface area contributed by atoms with E-state index in [1.165, 1.54) is 11.9 Å². The van der Waals surface area contributed by atoms with Crippen molar-refractivity contribution >= 4 is 29.3 Å². The number of halogens is 1. The molecule has 25 heavy (non-hydrogen) atoms. The summed E-state index contributed by atoms with van der Waals surface area (Å²) in [6.07, 6.45) is 3.49. The number of thioether (sulfide) groups is 1. The van der Waals surface area contributed by atoms with Crippen LogP contribution in [-0.2, 0) is 11.3 Å². The molecule has 1 aromatic heterocycles. The fourth-order valence-electron chi connectivity index (χ4n) is 2.99. The molecule has 1 fully saturated rings. The summed E-state index contributed by atoms with van der Waals surface area (Å²) < 4.78 is 0. The van der Waals surface area contributed by atoms with Crippen molar-refractivity contribution in [2.75, 3.05) is 25.4 Å². The largest absolute Gasteiger partial charge is 0.355 e. The van der Waals surface area contributed by atoms with Gasteiger partial charge in [-0.05, 0) is 37.1 Å². The molecule has 2 aromatic rings. The number of H-pyrrole nitrogens is 1. The van der Waals surface area contributed by atoms with Crippen molar-refractivity contribution in [3.63, 3.8) is 0 Å². The summed E-state index contributed by atoms with van der Waals surface area (Å²) in [7, 11) is 0. The van der Waals surface area contributed by atoms with Gasteiger partial charge in [0.05, 0.1) is 5.92 Å². The summed E-state index contributed by atoms with van der Waals surface area (Å²) in [6.45, 7) is 3.34. The lowest BCUT2D eigenvalue weighted by Gasteiger charge is -2.32. The predicted molar refractivity (Wildman–Crippen MR) is 99.6 cm³/mol. The average Bonchev–Trinajstić information content (AvgIpc) is 3.14. The second-order valence-electron chi connectivity index (χ2n) is 6.13. The van der Waals surface area contributed by atoms with E-state index >= 15 is 0 Å². The molecule has 0 radical (unpaired) electrons. The highest BCUT2D eigenvalue weighted by atomic mass is 35.5. The smallest absolute Gasteiger partial charge is 0.224 e. The van der Waals surface area contributed by atoms with Gasteiger partial charge in [-0.25, -0.2) is 4.98 Å². The van der Waals surface area contributed by atoms with Crippen molar-refractivity contribution in [1.82, 2.24) is 25.4 Å². The van der Waals surface area contributed by atoms with Gasteiger partial charge < -0.3 is 5.32 Å². The summed E-state index contributed by atoms with van der Waals surface area (Å²) in [5, 5.41) is 11.2. The topological polar surface area (TPSA) is 73.9 Å². The third-order valence-electron chi connectivity index (χ3n) is 4.23. The predicted octanol–water partition coefficient (Wildman–Crippen LogP) is 2.58. The Morgan fingerprint density at radius 3 is 3.00 bits per heavy atom. The highest BCUT2D eigenvalue weighted by molar-refractivity contribution is 7.99. The fraction of sp³-hybridized carbons (Fsp3) is 0.471. The molecule has 0 spiro atoms. The molecule has 1 aliphatic heterocycles. The number of likely N-dealkylation sites (tertiary alicyclic amines) is 1. The van der Waals surface area contributed by atoms with Crippen LogP contribution in [0.2, 0.25) is 5.02 Å². The Morgan fingerprint density at radius 2 is 2.24 bits per heavy atom. The number of aromatic amines is 1. The van der Waals surface area contributed by atoms with Crippen LogP contribution in [0.5, 0.6) is 0 Å². The van der Waals surface area contributed by atoms with Gasteiger partial charge in [-0.1, -0.05) is 35.5 Å². The van der Waals surface area contributed by atoms with Crippen LogP contribution in [0.15, 0.2) is 35.7 Å². The number of amides is 1. The Morgan fingerprint density at radius 1 is 1.40 bits per heavy atom.